The van der Waals surface area contributed by atoms with Gasteiger partial charge in [0.15, 0.2) is 0 Å². The Morgan fingerprint density at radius 2 is 2.22 bits per heavy atom. The smallest absolute Gasteiger partial charge is 0.331 e. The molecule has 18 heavy (non-hydrogen) atoms. The Bertz CT molecular complexity index is 435. The minimum Gasteiger partial charge on any atom is -0.478 e. The van der Waals surface area contributed by atoms with Gasteiger partial charge in [0.05, 0.1) is 6.10 Å². The number of aliphatic hydroxyl groups is 1. The van der Waals surface area contributed by atoms with Crippen molar-refractivity contribution in [2.75, 3.05) is 0 Å². The molecule has 2 rings (SSSR count). The molecule has 0 aliphatic heterocycles. The number of fused-ring (bicyclic) bond motifs is 1. The topological polar surface area (TPSA) is 57.5 Å². The Kier molecular flexibility index (Phi) is 3.20. The molecule has 0 spiro atoms. The number of aliphatic hydroxyl groups excluding tert-OH is 1. The quantitative estimate of drug-likeness (QED) is 0.738. The van der Waals surface area contributed by atoms with Crippen LogP contribution in [-0.2, 0) is 4.79 Å². The fourth-order valence-corrected chi connectivity index (χ4v) is 3.30. The van der Waals surface area contributed by atoms with E-state index in [4.69, 9.17) is 5.11 Å². The van der Waals surface area contributed by atoms with Crippen LogP contribution in [0.3, 0.4) is 0 Å². The number of rotatable bonds is 2. The molecule has 0 heterocycles. The van der Waals surface area contributed by atoms with Gasteiger partial charge in [-0.25, -0.2) is 4.79 Å². The minimum absolute atomic E-state index is 0.00368. The largest absolute Gasteiger partial charge is 0.478 e. The first-order chi connectivity index (χ1) is 8.36. The zero-order valence-electron chi connectivity index (χ0n) is 10.7. The van der Waals surface area contributed by atoms with Crippen LogP contribution in [0.25, 0.3) is 0 Å². The maximum absolute atomic E-state index is 11.0. The molecule has 2 aliphatic carbocycles. The Balaban J connectivity index is 2.23. The summed E-state index contributed by atoms with van der Waals surface area (Å²) in [5, 5.41) is 19.2. The molecule has 3 nitrogen and oxygen atoms in total. The fraction of sp³-hybridized carbons (Fsp3) is 0.533. The summed E-state index contributed by atoms with van der Waals surface area (Å²) >= 11 is 0. The Hall–Kier alpha value is -1.35. The lowest BCUT2D eigenvalue weighted by atomic mass is 9.57. The minimum atomic E-state index is -0.916. The van der Waals surface area contributed by atoms with E-state index in [0.29, 0.717) is 0 Å². The summed E-state index contributed by atoms with van der Waals surface area (Å²) in [6, 6.07) is 0. The molecule has 0 bridgehead atoms. The number of carboxylic acid groups (broad SMARTS) is 1. The van der Waals surface area contributed by atoms with Gasteiger partial charge in [-0.05, 0) is 31.1 Å². The van der Waals surface area contributed by atoms with Crippen LogP contribution in [0.2, 0.25) is 0 Å². The highest BCUT2D eigenvalue weighted by Gasteiger charge is 2.47. The highest BCUT2D eigenvalue weighted by Crippen LogP contribution is 2.52. The number of hydrogen-bond acceptors (Lipinski definition) is 2. The predicted molar refractivity (Wildman–Crippen MR) is 70.0 cm³/mol. The maximum Gasteiger partial charge on any atom is 0.331 e. The summed E-state index contributed by atoms with van der Waals surface area (Å²) in [5.74, 6) is -0.774. The van der Waals surface area contributed by atoms with Crippen LogP contribution in [0.15, 0.2) is 36.5 Å². The third-order valence-corrected chi connectivity index (χ3v) is 4.73. The van der Waals surface area contributed by atoms with Crippen molar-refractivity contribution >= 4 is 5.97 Å². The monoisotopic (exact) mass is 248 g/mol. The SMILES string of the molecule is C=C(C(=O)O)[C@@H]1CC[C@]2(C)[C@H](C1)C(=C)C=C[C@@H]2O. The van der Waals surface area contributed by atoms with Crippen molar-refractivity contribution in [1.29, 1.82) is 0 Å². The van der Waals surface area contributed by atoms with Crippen molar-refractivity contribution in [2.45, 2.75) is 32.3 Å². The molecule has 98 valence electrons. The molecule has 0 aromatic heterocycles. The van der Waals surface area contributed by atoms with Crippen molar-refractivity contribution < 1.29 is 15.0 Å². The first kappa shape index (κ1) is 13.1. The third kappa shape index (κ3) is 1.93. The van der Waals surface area contributed by atoms with Crippen molar-refractivity contribution in [3.05, 3.63) is 36.5 Å². The van der Waals surface area contributed by atoms with E-state index < -0.39 is 12.1 Å². The lowest BCUT2D eigenvalue weighted by Crippen LogP contribution is -2.45. The summed E-state index contributed by atoms with van der Waals surface area (Å²) in [6.45, 7) is 9.78. The van der Waals surface area contributed by atoms with Crippen LogP contribution in [0, 0.1) is 17.3 Å². The van der Waals surface area contributed by atoms with Gasteiger partial charge < -0.3 is 10.2 Å². The van der Waals surface area contributed by atoms with Crippen LogP contribution < -0.4 is 0 Å². The molecule has 0 radical (unpaired) electrons. The molecule has 3 heteroatoms. The summed E-state index contributed by atoms with van der Waals surface area (Å²) in [7, 11) is 0. The molecule has 2 aliphatic rings. The predicted octanol–water partition coefficient (Wildman–Crippen LogP) is 2.54. The van der Waals surface area contributed by atoms with Gasteiger partial charge in [0.25, 0.3) is 0 Å². The lowest BCUT2D eigenvalue weighted by Gasteiger charge is -2.49. The molecular weight excluding hydrogens is 228 g/mol. The first-order valence-corrected chi connectivity index (χ1v) is 6.33. The normalized spacial score (nSPS) is 39.2. The zero-order valence-corrected chi connectivity index (χ0v) is 10.7. The maximum atomic E-state index is 11.0. The highest BCUT2D eigenvalue weighted by atomic mass is 16.4. The fourth-order valence-electron chi connectivity index (χ4n) is 3.30. The van der Waals surface area contributed by atoms with Crippen LogP contribution in [0.4, 0.5) is 0 Å². The molecule has 0 unspecified atom stereocenters. The Morgan fingerprint density at radius 3 is 2.83 bits per heavy atom. The van der Waals surface area contributed by atoms with Crippen LogP contribution in [-0.4, -0.2) is 22.3 Å². The molecule has 0 aromatic rings. The molecule has 1 saturated carbocycles. The Morgan fingerprint density at radius 1 is 1.56 bits per heavy atom. The number of allylic oxidation sites excluding steroid dienone is 2. The van der Waals surface area contributed by atoms with Crippen LogP contribution in [0.5, 0.6) is 0 Å². The zero-order chi connectivity index (χ0) is 13.5. The van der Waals surface area contributed by atoms with E-state index >= 15 is 0 Å². The van der Waals surface area contributed by atoms with E-state index in [0.717, 1.165) is 24.8 Å². The van der Waals surface area contributed by atoms with Crippen LogP contribution in [0.1, 0.15) is 26.2 Å². The van der Waals surface area contributed by atoms with Gasteiger partial charge in [-0.1, -0.05) is 37.8 Å². The molecule has 4 atom stereocenters. The standard InChI is InChI=1S/C15H20O3/c1-9-4-5-13(16)15(3)7-6-11(8-12(9)15)10(2)14(17)18/h4-5,11-13,16H,1-2,6-8H2,3H3,(H,17,18)/t11-,12-,13+,15-/m1/s1. The second kappa shape index (κ2) is 4.39. The molecule has 2 N–H and O–H groups in total. The second-order valence-electron chi connectivity index (χ2n) is 5.74. The van der Waals surface area contributed by atoms with E-state index in [1.807, 2.05) is 6.08 Å². The van der Waals surface area contributed by atoms with E-state index in [2.05, 4.69) is 20.1 Å². The van der Waals surface area contributed by atoms with E-state index in [1.54, 1.807) is 6.08 Å². The van der Waals surface area contributed by atoms with Crippen molar-refractivity contribution in [3.63, 3.8) is 0 Å². The molecule has 1 fully saturated rings. The molecule has 0 saturated heterocycles. The highest BCUT2D eigenvalue weighted by molar-refractivity contribution is 5.86. The van der Waals surface area contributed by atoms with Crippen LogP contribution >= 0.6 is 0 Å². The van der Waals surface area contributed by atoms with E-state index in [9.17, 15) is 9.90 Å². The number of hydrogen-bond donors (Lipinski definition) is 2. The van der Waals surface area contributed by atoms with Crippen molar-refractivity contribution in [2.24, 2.45) is 17.3 Å². The van der Waals surface area contributed by atoms with Crippen molar-refractivity contribution in [1.82, 2.24) is 0 Å². The van der Waals surface area contributed by atoms with Gasteiger partial charge in [0.2, 0.25) is 0 Å². The van der Waals surface area contributed by atoms with Gasteiger partial charge in [0, 0.05) is 11.0 Å². The number of carbonyl (C=O) groups is 1. The summed E-state index contributed by atoms with van der Waals surface area (Å²) < 4.78 is 0. The van der Waals surface area contributed by atoms with Gasteiger partial charge in [-0.15, -0.1) is 0 Å². The second-order valence-corrected chi connectivity index (χ2v) is 5.74. The molecule has 0 aromatic carbocycles. The van der Waals surface area contributed by atoms with Gasteiger partial charge in [-0.2, -0.15) is 0 Å². The van der Waals surface area contributed by atoms with Gasteiger partial charge >= 0.3 is 5.97 Å². The van der Waals surface area contributed by atoms with Gasteiger partial charge in [-0.3, -0.25) is 0 Å². The summed E-state index contributed by atoms with van der Waals surface area (Å²) in [5.41, 5.74) is 1.07. The average molecular weight is 248 g/mol. The number of carboxylic acids is 1. The molecular formula is C15H20O3. The lowest BCUT2D eigenvalue weighted by molar-refractivity contribution is -0.133. The third-order valence-electron chi connectivity index (χ3n) is 4.73. The molecule has 0 amide bonds. The summed E-state index contributed by atoms with van der Waals surface area (Å²) in [6.07, 6.45) is 5.50. The number of aliphatic carboxylic acids is 1. The van der Waals surface area contributed by atoms with Gasteiger partial charge in [0.1, 0.15) is 0 Å². The summed E-state index contributed by atoms with van der Waals surface area (Å²) in [4.78, 5) is 11.0. The van der Waals surface area contributed by atoms with Crippen molar-refractivity contribution in [3.8, 4) is 0 Å². The average Bonchev–Trinajstić information content (AvgIpc) is 2.33. The van der Waals surface area contributed by atoms with E-state index in [-0.39, 0.29) is 22.8 Å². The van der Waals surface area contributed by atoms with E-state index in [1.165, 1.54) is 0 Å². The first-order valence-electron chi connectivity index (χ1n) is 6.33. The Labute approximate surface area is 108 Å².